The van der Waals surface area contributed by atoms with E-state index in [0.717, 1.165) is 16.2 Å². The molecule has 24 heavy (non-hydrogen) atoms. The van der Waals surface area contributed by atoms with Crippen LogP contribution < -0.4 is 10.0 Å². The molecule has 0 fully saturated rings. The molecule has 11 heteroatoms. The molecule has 0 aliphatic rings. The molecule has 2 rings (SSSR count). The van der Waals surface area contributed by atoms with E-state index in [4.69, 9.17) is 5.11 Å². The second-order valence-corrected chi connectivity index (χ2v) is 9.00. The first-order chi connectivity index (χ1) is 11.2. The van der Waals surface area contributed by atoms with E-state index in [0.29, 0.717) is 15.7 Å². The Hall–Kier alpha value is -1.37. The fourth-order valence-electron chi connectivity index (χ4n) is 1.76. The Kier molecular flexibility index (Phi) is 6.06. The van der Waals surface area contributed by atoms with Crippen molar-refractivity contribution < 1.29 is 23.4 Å². The van der Waals surface area contributed by atoms with Gasteiger partial charge in [0.2, 0.25) is 15.9 Å². The highest BCUT2D eigenvalue weighted by molar-refractivity contribution is 7.91. The molecule has 1 unspecified atom stereocenters. The molecule has 0 aliphatic carbocycles. The molecule has 8 nitrogen and oxygen atoms in total. The van der Waals surface area contributed by atoms with Gasteiger partial charge in [-0.1, -0.05) is 11.3 Å². The van der Waals surface area contributed by atoms with Crippen molar-refractivity contribution in [3.8, 4) is 9.75 Å². The number of thiazole rings is 1. The summed E-state index contributed by atoms with van der Waals surface area (Å²) in [7, 11) is -3.77. The van der Waals surface area contributed by atoms with Crippen LogP contribution in [-0.4, -0.2) is 48.8 Å². The van der Waals surface area contributed by atoms with Crippen molar-refractivity contribution in [2.24, 2.45) is 0 Å². The molecule has 2 aromatic heterocycles. The van der Waals surface area contributed by atoms with E-state index in [1.165, 1.54) is 24.3 Å². The topological polar surface area (TPSA) is 129 Å². The minimum absolute atomic E-state index is 0.0940. The Morgan fingerprint density at radius 2 is 2.08 bits per heavy atom. The van der Waals surface area contributed by atoms with Crippen LogP contribution in [0.1, 0.15) is 12.6 Å². The Balaban J connectivity index is 2.21. The number of hydrogen-bond acceptors (Lipinski definition) is 8. The number of rotatable bonds is 7. The molecular weight excluding hydrogens is 374 g/mol. The molecule has 0 bridgehead atoms. The maximum absolute atomic E-state index is 12.2. The number of aromatic nitrogens is 1. The number of aliphatic hydroxyl groups is 2. The first-order valence-electron chi connectivity index (χ1n) is 6.86. The fourth-order valence-corrected chi connectivity index (χ4v) is 5.36. The third kappa shape index (κ3) is 4.59. The van der Waals surface area contributed by atoms with Gasteiger partial charge in [0.1, 0.15) is 4.21 Å². The molecule has 132 valence electrons. The minimum atomic E-state index is -3.77. The van der Waals surface area contributed by atoms with E-state index in [1.54, 1.807) is 13.0 Å². The largest absolute Gasteiger partial charge is 0.394 e. The summed E-state index contributed by atoms with van der Waals surface area (Å²) in [5.74, 6) is -0.226. The van der Waals surface area contributed by atoms with Gasteiger partial charge in [-0.25, -0.2) is 18.1 Å². The first kappa shape index (κ1) is 19.0. The third-order valence-corrected chi connectivity index (χ3v) is 7.12. The van der Waals surface area contributed by atoms with Gasteiger partial charge < -0.3 is 15.5 Å². The van der Waals surface area contributed by atoms with Crippen molar-refractivity contribution in [2.45, 2.75) is 24.2 Å². The molecular formula is C13H17N3O5S3. The van der Waals surface area contributed by atoms with Crippen molar-refractivity contribution in [3.63, 3.8) is 0 Å². The lowest BCUT2D eigenvalue weighted by atomic mass is 10.3. The summed E-state index contributed by atoms with van der Waals surface area (Å²) in [5, 5.41) is 21.0. The zero-order valence-electron chi connectivity index (χ0n) is 12.9. The Morgan fingerprint density at radius 3 is 2.71 bits per heavy atom. The van der Waals surface area contributed by atoms with Crippen LogP contribution >= 0.6 is 22.7 Å². The van der Waals surface area contributed by atoms with Crippen LogP contribution in [-0.2, 0) is 14.8 Å². The average Bonchev–Trinajstić information content (AvgIpc) is 3.11. The highest BCUT2D eigenvalue weighted by atomic mass is 32.2. The van der Waals surface area contributed by atoms with Gasteiger partial charge in [0.15, 0.2) is 5.13 Å². The molecule has 0 saturated carbocycles. The van der Waals surface area contributed by atoms with Gasteiger partial charge in [-0.15, -0.1) is 11.3 Å². The standard InChI is InChI=1S/C13H17N3O5S3/c1-7-12(23-13(15-7)16-8(2)18)10-3-4-11(22-10)24(20,21)14-5-9(19)6-17/h3-4,9,14,17,19H,5-6H2,1-2H3,(H,15,16,18). The molecule has 0 saturated heterocycles. The van der Waals surface area contributed by atoms with Crippen LogP contribution in [0.5, 0.6) is 0 Å². The second-order valence-electron chi connectivity index (χ2n) is 4.92. The molecule has 0 spiro atoms. The van der Waals surface area contributed by atoms with Crippen LogP contribution in [0.15, 0.2) is 16.3 Å². The molecule has 2 aromatic rings. The van der Waals surface area contributed by atoms with E-state index in [1.807, 2.05) is 0 Å². The highest BCUT2D eigenvalue weighted by Gasteiger charge is 2.20. The summed E-state index contributed by atoms with van der Waals surface area (Å²) in [5.41, 5.74) is 0.693. The molecule has 0 aromatic carbocycles. The number of carbonyl (C=O) groups excluding carboxylic acids is 1. The van der Waals surface area contributed by atoms with Gasteiger partial charge in [0.05, 0.1) is 23.3 Å². The number of sulfonamides is 1. The monoisotopic (exact) mass is 391 g/mol. The molecule has 2 heterocycles. The van der Waals surface area contributed by atoms with Crippen LogP contribution in [0.25, 0.3) is 9.75 Å². The SMILES string of the molecule is CC(=O)Nc1nc(C)c(-c2ccc(S(=O)(=O)NCC(O)CO)s2)s1. The zero-order valence-corrected chi connectivity index (χ0v) is 15.4. The van der Waals surface area contributed by atoms with Crippen molar-refractivity contribution in [2.75, 3.05) is 18.5 Å². The number of thiophene rings is 1. The van der Waals surface area contributed by atoms with E-state index >= 15 is 0 Å². The highest BCUT2D eigenvalue weighted by Crippen LogP contribution is 2.38. The van der Waals surface area contributed by atoms with Gasteiger partial charge in [-0.05, 0) is 19.1 Å². The lowest BCUT2D eigenvalue weighted by Gasteiger charge is -2.08. The Morgan fingerprint density at radius 1 is 1.38 bits per heavy atom. The first-order valence-corrected chi connectivity index (χ1v) is 9.98. The number of carbonyl (C=O) groups is 1. The maximum Gasteiger partial charge on any atom is 0.250 e. The van der Waals surface area contributed by atoms with E-state index in [-0.39, 0.29) is 16.7 Å². The number of nitrogens with one attached hydrogen (secondary N) is 2. The Bertz CT molecular complexity index is 828. The van der Waals surface area contributed by atoms with Gasteiger partial charge in [0.25, 0.3) is 0 Å². The quantitative estimate of drug-likeness (QED) is 0.552. The van der Waals surface area contributed by atoms with E-state index in [9.17, 15) is 18.3 Å². The average molecular weight is 391 g/mol. The minimum Gasteiger partial charge on any atom is -0.394 e. The number of aryl methyl sites for hydroxylation is 1. The third-order valence-electron chi connectivity index (χ3n) is 2.87. The van der Waals surface area contributed by atoms with Crippen molar-refractivity contribution in [1.82, 2.24) is 9.71 Å². The number of anilines is 1. The molecule has 0 aliphatic heterocycles. The van der Waals surface area contributed by atoms with Gasteiger partial charge in [-0.3, -0.25) is 4.79 Å². The summed E-state index contributed by atoms with van der Waals surface area (Å²) >= 11 is 2.33. The predicted octanol–water partition coefficient (Wildman–Crippen LogP) is 0.770. The van der Waals surface area contributed by atoms with Crippen LogP contribution in [0.2, 0.25) is 0 Å². The summed E-state index contributed by atoms with van der Waals surface area (Å²) < 4.78 is 26.7. The van der Waals surface area contributed by atoms with Gasteiger partial charge in [0, 0.05) is 18.3 Å². The van der Waals surface area contributed by atoms with Gasteiger partial charge >= 0.3 is 0 Å². The number of amides is 1. The lowest BCUT2D eigenvalue weighted by Crippen LogP contribution is -2.33. The summed E-state index contributed by atoms with van der Waals surface area (Å²) in [6.07, 6.45) is -1.15. The number of nitrogens with zero attached hydrogens (tertiary/aromatic N) is 1. The molecule has 1 amide bonds. The van der Waals surface area contributed by atoms with Crippen molar-refractivity contribution in [3.05, 3.63) is 17.8 Å². The molecule has 0 radical (unpaired) electrons. The molecule has 4 N–H and O–H groups in total. The van der Waals surface area contributed by atoms with E-state index < -0.39 is 22.7 Å². The summed E-state index contributed by atoms with van der Waals surface area (Å²) in [6.45, 7) is 2.38. The lowest BCUT2D eigenvalue weighted by molar-refractivity contribution is -0.114. The van der Waals surface area contributed by atoms with Crippen LogP contribution in [0.3, 0.4) is 0 Å². The summed E-state index contributed by atoms with van der Waals surface area (Å²) in [6, 6.07) is 3.13. The normalized spacial score (nSPS) is 13.0. The number of aliphatic hydroxyl groups excluding tert-OH is 2. The predicted molar refractivity (Wildman–Crippen MR) is 92.7 cm³/mol. The molecule has 1 atom stereocenters. The second kappa shape index (κ2) is 7.68. The van der Waals surface area contributed by atoms with E-state index in [2.05, 4.69) is 15.0 Å². The van der Waals surface area contributed by atoms with Crippen LogP contribution in [0.4, 0.5) is 5.13 Å². The van der Waals surface area contributed by atoms with Crippen molar-refractivity contribution >= 4 is 43.7 Å². The maximum atomic E-state index is 12.2. The summed E-state index contributed by atoms with van der Waals surface area (Å²) in [4.78, 5) is 16.8. The smallest absolute Gasteiger partial charge is 0.250 e. The van der Waals surface area contributed by atoms with Crippen molar-refractivity contribution in [1.29, 1.82) is 0 Å². The fraction of sp³-hybridized carbons (Fsp3) is 0.385. The van der Waals surface area contributed by atoms with Crippen LogP contribution in [0, 0.1) is 6.92 Å². The number of hydrogen-bond donors (Lipinski definition) is 4. The van der Waals surface area contributed by atoms with Gasteiger partial charge in [-0.2, -0.15) is 0 Å². The Labute approximate surface area is 147 Å². The zero-order chi connectivity index (χ0) is 17.9.